The van der Waals surface area contributed by atoms with Crippen molar-refractivity contribution in [2.24, 2.45) is 0 Å². The van der Waals surface area contributed by atoms with Crippen LogP contribution in [0.5, 0.6) is 0 Å². The second kappa shape index (κ2) is 3.97. The van der Waals surface area contributed by atoms with Crippen LogP contribution in [-0.4, -0.2) is 32.6 Å². The van der Waals surface area contributed by atoms with Crippen LogP contribution in [0.1, 0.15) is 5.69 Å². The van der Waals surface area contributed by atoms with Crippen LogP contribution < -0.4 is 0 Å². The van der Waals surface area contributed by atoms with E-state index in [4.69, 9.17) is 16.7 Å². The van der Waals surface area contributed by atoms with Gasteiger partial charge in [0.15, 0.2) is 0 Å². The van der Waals surface area contributed by atoms with Gasteiger partial charge in [-0.25, -0.2) is 0 Å². The van der Waals surface area contributed by atoms with E-state index in [0.29, 0.717) is 22.7 Å². The van der Waals surface area contributed by atoms with Gasteiger partial charge in [-0.05, 0) is 0 Å². The van der Waals surface area contributed by atoms with Gasteiger partial charge in [-0.15, -0.1) is 16.7 Å². The Kier molecular flexibility index (Phi) is 3.16. The second-order valence-electron chi connectivity index (χ2n) is 2.42. The van der Waals surface area contributed by atoms with Crippen LogP contribution >= 0.6 is 11.6 Å². The number of aliphatic hydroxyl groups is 1. The molecule has 0 saturated heterocycles. The van der Waals surface area contributed by atoms with Crippen LogP contribution in [0.3, 0.4) is 0 Å². The van der Waals surface area contributed by atoms with Crippen molar-refractivity contribution < 1.29 is 13.9 Å². The van der Waals surface area contributed by atoms with E-state index in [0.717, 1.165) is 6.20 Å². The van der Waals surface area contributed by atoms with Crippen molar-refractivity contribution in [2.45, 2.75) is 12.5 Å². The van der Waals surface area contributed by atoms with Crippen LogP contribution in [-0.2, 0) is 12.5 Å². The Morgan fingerprint density at radius 1 is 1.62 bits per heavy atom. The first-order valence-electron chi connectivity index (χ1n) is 3.56. The lowest BCUT2D eigenvalue weighted by Gasteiger charge is -2.11. The molecule has 1 rings (SSSR count). The van der Waals surface area contributed by atoms with Gasteiger partial charge in [0.05, 0.1) is 11.9 Å². The van der Waals surface area contributed by atoms with E-state index in [-0.39, 0.29) is 0 Å². The summed E-state index contributed by atoms with van der Waals surface area (Å²) in [4.78, 5) is 0. The summed E-state index contributed by atoms with van der Waals surface area (Å²) < 4.78 is 25.8. The maximum atomic E-state index is 12.7. The Bertz CT molecular complexity index is 279. The lowest BCUT2D eigenvalue weighted by atomic mass is 10.4. The summed E-state index contributed by atoms with van der Waals surface area (Å²) in [5, 5.41) is 15.0. The summed E-state index contributed by atoms with van der Waals surface area (Å²) in [5.74, 6) is 0.295. The number of aliphatic hydroxyl groups excluding tert-OH is 1. The minimum atomic E-state index is -3.39. The molecule has 0 aliphatic carbocycles. The summed E-state index contributed by atoms with van der Waals surface area (Å²) in [6.07, 6.45) is 1.45. The standard InChI is InChI=1S/C6H8ClF2N3O/c7-2-1-5-3-12(11-10-5)6(8,9)4-13/h3,13H,1-2,4H2. The molecule has 1 N–H and O–H groups in total. The zero-order valence-corrected chi connectivity index (χ0v) is 7.38. The van der Waals surface area contributed by atoms with Gasteiger partial charge < -0.3 is 5.11 Å². The predicted octanol–water partition coefficient (Wildman–Crippen LogP) is 0.601. The second-order valence-corrected chi connectivity index (χ2v) is 2.80. The molecule has 0 aliphatic rings. The molecule has 0 atom stereocenters. The lowest BCUT2D eigenvalue weighted by molar-refractivity contribution is -0.131. The summed E-state index contributed by atoms with van der Waals surface area (Å²) in [6.45, 7) is -1.29. The van der Waals surface area contributed by atoms with E-state index in [1.165, 1.54) is 0 Å². The van der Waals surface area contributed by atoms with E-state index in [1.54, 1.807) is 0 Å². The number of halogens is 3. The third-order valence-electron chi connectivity index (χ3n) is 1.42. The molecule has 0 aliphatic heterocycles. The van der Waals surface area contributed by atoms with Gasteiger partial charge in [-0.3, -0.25) is 0 Å². The highest BCUT2D eigenvalue weighted by atomic mass is 35.5. The van der Waals surface area contributed by atoms with Crippen molar-refractivity contribution in [3.8, 4) is 0 Å². The maximum absolute atomic E-state index is 12.7. The highest BCUT2D eigenvalue weighted by Gasteiger charge is 2.31. The topological polar surface area (TPSA) is 50.9 Å². The lowest BCUT2D eigenvalue weighted by Crippen LogP contribution is -2.27. The summed E-state index contributed by atoms with van der Waals surface area (Å²) in [5.41, 5.74) is 0.378. The molecule has 0 amide bonds. The number of nitrogens with zero attached hydrogens (tertiary/aromatic N) is 3. The fraction of sp³-hybridized carbons (Fsp3) is 0.667. The fourth-order valence-electron chi connectivity index (χ4n) is 0.742. The molecule has 1 aromatic rings. The molecule has 0 spiro atoms. The number of aryl methyl sites for hydroxylation is 1. The Labute approximate surface area is 78.1 Å². The van der Waals surface area contributed by atoms with Crippen molar-refractivity contribution in [3.63, 3.8) is 0 Å². The molecule has 0 fully saturated rings. The zero-order chi connectivity index (χ0) is 9.90. The third-order valence-corrected chi connectivity index (χ3v) is 1.61. The molecule has 0 bridgehead atoms. The van der Waals surface area contributed by atoms with Gasteiger partial charge in [0.1, 0.15) is 6.61 Å². The monoisotopic (exact) mass is 211 g/mol. The van der Waals surface area contributed by atoms with Crippen molar-refractivity contribution in [2.75, 3.05) is 12.5 Å². The first kappa shape index (κ1) is 10.3. The van der Waals surface area contributed by atoms with Crippen molar-refractivity contribution in [1.29, 1.82) is 0 Å². The largest absolute Gasteiger partial charge is 0.388 e. The van der Waals surface area contributed by atoms with E-state index in [1.807, 2.05) is 0 Å². The van der Waals surface area contributed by atoms with Crippen molar-refractivity contribution in [3.05, 3.63) is 11.9 Å². The Morgan fingerprint density at radius 2 is 2.31 bits per heavy atom. The average Bonchev–Trinajstić information content (AvgIpc) is 2.54. The average molecular weight is 212 g/mol. The van der Waals surface area contributed by atoms with E-state index in [2.05, 4.69) is 10.3 Å². The van der Waals surface area contributed by atoms with Crippen molar-refractivity contribution in [1.82, 2.24) is 15.0 Å². The normalized spacial score (nSPS) is 12.0. The predicted molar refractivity (Wildman–Crippen MR) is 41.7 cm³/mol. The summed E-state index contributed by atoms with van der Waals surface area (Å²) in [7, 11) is 0. The summed E-state index contributed by atoms with van der Waals surface area (Å²) >= 11 is 5.38. The molecule has 0 saturated carbocycles. The molecule has 0 aromatic carbocycles. The van der Waals surface area contributed by atoms with Crippen LogP contribution in [0.15, 0.2) is 6.20 Å². The van der Waals surface area contributed by atoms with E-state index < -0.39 is 12.7 Å². The molecule has 4 nitrogen and oxygen atoms in total. The molecule has 1 aromatic heterocycles. The van der Waals surface area contributed by atoms with Crippen LogP contribution in [0.4, 0.5) is 8.78 Å². The Hall–Kier alpha value is -0.750. The first-order valence-corrected chi connectivity index (χ1v) is 4.10. The summed E-state index contributed by atoms with van der Waals surface area (Å²) in [6, 6.07) is -3.39. The molecular formula is C6H8ClF2N3O. The molecule has 13 heavy (non-hydrogen) atoms. The van der Waals surface area contributed by atoms with Crippen LogP contribution in [0.2, 0.25) is 0 Å². The number of hydrogen-bond donors (Lipinski definition) is 1. The number of hydrogen-bond acceptors (Lipinski definition) is 3. The number of alkyl halides is 3. The highest BCUT2D eigenvalue weighted by molar-refractivity contribution is 6.17. The Balaban J connectivity index is 2.79. The zero-order valence-electron chi connectivity index (χ0n) is 6.62. The van der Waals surface area contributed by atoms with Crippen LogP contribution in [0.25, 0.3) is 0 Å². The molecule has 7 heteroatoms. The fourth-order valence-corrected chi connectivity index (χ4v) is 0.936. The Morgan fingerprint density at radius 3 is 2.85 bits per heavy atom. The first-order chi connectivity index (χ1) is 6.10. The van der Waals surface area contributed by atoms with E-state index >= 15 is 0 Å². The van der Waals surface area contributed by atoms with Gasteiger partial charge in [-0.1, -0.05) is 5.21 Å². The minimum Gasteiger partial charge on any atom is -0.388 e. The molecular weight excluding hydrogens is 204 g/mol. The van der Waals surface area contributed by atoms with Gasteiger partial charge in [0, 0.05) is 12.3 Å². The highest BCUT2D eigenvalue weighted by Crippen LogP contribution is 2.18. The van der Waals surface area contributed by atoms with Crippen molar-refractivity contribution >= 4 is 11.6 Å². The quantitative estimate of drug-likeness (QED) is 0.742. The molecule has 1 heterocycles. The molecule has 0 radical (unpaired) electrons. The smallest absolute Gasteiger partial charge is 0.367 e. The van der Waals surface area contributed by atoms with Gasteiger partial charge in [0.2, 0.25) is 0 Å². The molecule has 0 unspecified atom stereocenters. The van der Waals surface area contributed by atoms with Gasteiger partial charge >= 0.3 is 6.05 Å². The van der Waals surface area contributed by atoms with Gasteiger partial charge in [0.25, 0.3) is 0 Å². The minimum absolute atomic E-state index is 0.295. The molecule has 74 valence electrons. The van der Waals surface area contributed by atoms with E-state index in [9.17, 15) is 8.78 Å². The van der Waals surface area contributed by atoms with Gasteiger partial charge in [-0.2, -0.15) is 13.5 Å². The van der Waals surface area contributed by atoms with Crippen LogP contribution in [0, 0.1) is 0 Å². The number of aromatic nitrogens is 3. The third kappa shape index (κ3) is 2.35. The SMILES string of the molecule is OCC(F)(F)n1cc(CCCl)nn1. The number of rotatable bonds is 4. The maximum Gasteiger partial charge on any atom is 0.367 e.